The number of carboxylic acids is 1. The third-order valence-corrected chi connectivity index (χ3v) is 3.61. The maximum atomic E-state index is 11.6. The summed E-state index contributed by atoms with van der Waals surface area (Å²) >= 11 is 1.62. The monoisotopic (exact) mass is 281 g/mol. The van der Waals surface area contributed by atoms with E-state index in [0.29, 0.717) is 12.2 Å². The van der Waals surface area contributed by atoms with E-state index in [9.17, 15) is 9.59 Å². The van der Waals surface area contributed by atoms with Gasteiger partial charge in [0, 0.05) is 12.1 Å². The predicted molar refractivity (Wildman–Crippen MR) is 78.6 cm³/mol. The zero-order valence-corrected chi connectivity index (χ0v) is 11.8. The van der Waals surface area contributed by atoms with Crippen molar-refractivity contribution in [3.05, 3.63) is 29.8 Å². The number of carbonyl (C=O) groups is 2. The number of aliphatic carboxylic acids is 1. The van der Waals surface area contributed by atoms with E-state index in [-0.39, 0.29) is 12.3 Å². The minimum atomic E-state index is -0.801. The molecule has 0 aliphatic carbocycles. The van der Waals surface area contributed by atoms with Gasteiger partial charge in [-0.05, 0) is 36.3 Å². The third kappa shape index (κ3) is 6.86. The van der Waals surface area contributed by atoms with Gasteiger partial charge in [0.2, 0.25) is 5.91 Å². The van der Waals surface area contributed by atoms with Gasteiger partial charge in [-0.15, -0.1) is 0 Å². The Morgan fingerprint density at radius 3 is 2.53 bits per heavy atom. The highest BCUT2D eigenvalue weighted by atomic mass is 32.2. The molecule has 1 aromatic carbocycles. The Bertz CT molecular complexity index is 417. The fraction of sp³-hybridized carbons (Fsp3) is 0.429. The summed E-state index contributed by atoms with van der Waals surface area (Å²) in [6.07, 6.45) is 1.70. The predicted octanol–water partition coefficient (Wildman–Crippen LogP) is 2.79. The van der Waals surface area contributed by atoms with Crippen LogP contribution in [0, 0.1) is 0 Å². The molecule has 0 aromatic heterocycles. The molecule has 5 heteroatoms. The van der Waals surface area contributed by atoms with Crippen molar-refractivity contribution in [1.29, 1.82) is 0 Å². The van der Waals surface area contributed by atoms with Crippen molar-refractivity contribution in [2.24, 2.45) is 0 Å². The third-order valence-electron chi connectivity index (χ3n) is 2.45. The average Bonchev–Trinajstić information content (AvgIpc) is 2.38. The van der Waals surface area contributed by atoms with Gasteiger partial charge in [-0.25, -0.2) is 0 Å². The number of carboxylic acid groups (broad SMARTS) is 1. The summed E-state index contributed by atoms with van der Waals surface area (Å²) in [7, 11) is 0. The molecule has 0 atom stereocenters. The molecule has 0 fully saturated rings. The summed E-state index contributed by atoms with van der Waals surface area (Å²) in [5.41, 5.74) is 1.71. The molecule has 4 nitrogen and oxygen atoms in total. The largest absolute Gasteiger partial charge is 0.481 e. The van der Waals surface area contributed by atoms with E-state index in [1.807, 2.05) is 12.1 Å². The van der Waals surface area contributed by atoms with Crippen molar-refractivity contribution in [2.75, 3.05) is 16.8 Å². The highest BCUT2D eigenvalue weighted by molar-refractivity contribution is 7.99. The molecule has 0 bridgehead atoms. The molecular formula is C14H19NO3S. The number of benzene rings is 1. The van der Waals surface area contributed by atoms with Crippen LogP contribution in [-0.2, 0) is 16.0 Å². The second-order valence-corrected chi connectivity index (χ2v) is 5.30. The summed E-state index contributed by atoms with van der Waals surface area (Å²) in [6.45, 7) is 2.08. The smallest absolute Gasteiger partial charge is 0.303 e. The quantitative estimate of drug-likeness (QED) is 0.719. The van der Waals surface area contributed by atoms with E-state index in [2.05, 4.69) is 12.2 Å². The molecule has 0 aliphatic rings. The Balaban J connectivity index is 2.39. The van der Waals surface area contributed by atoms with Gasteiger partial charge in [0.25, 0.3) is 0 Å². The molecule has 104 valence electrons. The van der Waals surface area contributed by atoms with Crippen molar-refractivity contribution in [1.82, 2.24) is 0 Å². The summed E-state index contributed by atoms with van der Waals surface area (Å²) in [5.74, 6) is 0.651. The zero-order valence-electron chi connectivity index (χ0n) is 11.0. The number of rotatable bonds is 8. The molecule has 0 saturated carbocycles. The Hall–Kier alpha value is -1.49. The Morgan fingerprint density at radius 2 is 1.95 bits per heavy atom. The number of amides is 1. The van der Waals surface area contributed by atoms with Crippen molar-refractivity contribution in [3.8, 4) is 0 Å². The Morgan fingerprint density at radius 1 is 1.26 bits per heavy atom. The minimum Gasteiger partial charge on any atom is -0.481 e. The van der Waals surface area contributed by atoms with Crippen LogP contribution in [0.15, 0.2) is 24.3 Å². The summed E-state index contributed by atoms with van der Waals surface area (Å²) in [4.78, 5) is 22.0. The van der Waals surface area contributed by atoms with Gasteiger partial charge in [0.1, 0.15) is 0 Å². The molecule has 0 unspecified atom stereocenters. The van der Waals surface area contributed by atoms with Crippen LogP contribution >= 0.6 is 11.8 Å². The minimum absolute atomic E-state index is 0.00302. The van der Waals surface area contributed by atoms with Crippen LogP contribution in [0.4, 0.5) is 5.69 Å². The zero-order chi connectivity index (χ0) is 14.1. The Kier molecular flexibility index (Phi) is 7.03. The van der Waals surface area contributed by atoms with Gasteiger partial charge in [-0.3, -0.25) is 9.59 Å². The lowest BCUT2D eigenvalue weighted by Crippen LogP contribution is -2.14. The summed E-state index contributed by atoms with van der Waals surface area (Å²) < 4.78 is 0. The van der Waals surface area contributed by atoms with Crippen LogP contribution in [0.5, 0.6) is 0 Å². The number of anilines is 1. The number of hydrogen-bond acceptors (Lipinski definition) is 3. The van der Waals surface area contributed by atoms with Crippen LogP contribution in [-0.4, -0.2) is 28.5 Å². The van der Waals surface area contributed by atoms with E-state index in [0.717, 1.165) is 23.4 Å². The molecule has 0 radical (unpaired) electrons. The van der Waals surface area contributed by atoms with E-state index in [1.54, 1.807) is 23.9 Å². The van der Waals surface area contributed by atoms with Crippen molar-refractivity contribution in [3.63, 3.8) is 0 Å². The first kappa shape index (κ1) is 15.6. The number of thioether (sulfide) groups is 1. The van der Waals surface area contributed by atoms with Gasteiger partial charge < -0.3 is 10.4 Å². The maximum absolute atomic E-state index is 11.6. The molecule has 1 aromatic rings. The van der Waals surface area contributed by atoms with E-state index < -0.39 is 5.97 Å². The normalized spacial score (nSPS) is 10.2. The number of carbonyl (C=O) groups excluding carboxylic acids is 1. The van der Waals surface area contributed by atoms with E-state index >= 15 is 0 Å². The second-order valence-electron chi connectivity index (χ2n) is 4.19. The van der Waals surface area contributed by atoms with Crippen LogP contribution in [0.3, 0.4) is 0 Å². The first-order valence-electron chi connectivity index (χ1n) is 6.30. The Labute approximate surface area is 117 Å². The first-order valence-corrected chi connectivity index (χ1v) is 7.45. The second kappa shape index (κ2) is 8.58. The van der Waals surface area contributed by atoms with Gasteiger partial charge in [0.15, 0.2) is 0 Å². The SMILES string of the molecule is CCCSCC(=O)Nc1ccc(CCC(=O)O)cc1. The fourth-order valence-electron chi connectivity index (χ4n) is 1.51. The van der Waals surface area contributed by atoms with Crippen molar-refractivity contribution < 1.29 is 14.7 Å². The fourth-order valence-corrected chi connectivity index (χ4v) is 2.20. The highest BCUT2D eigenvalue weighted by Gasteiger charge is 2.03. The molecule has 0 spiro atoms. The molecule has 0 aliphatic heterocycles. The topological polar surface area (TPSA) is 66.4 Å². The molecule has 0 heterocycles. The lowest BCUT2D eigenvalue weighted by atomic mass is 10.1. The molecule has 1 rings (SSSR count). The van der Waals surface area contributed by atoms with Gasteiger partial charge in [-0.1, -0.05) is 19.1 Å². The molecule has 1 amide bonds. The number of aryl methyl sites for hydroxylation is 1. The van der Waals surface area contributed by atoms with Crippen LogP contribution in [0.2, 0.25) is 0 Å². The number of nitrogens with one attached hydrogen (secondary N) is 1. The summed E-state index contributed by atoms with van der Waals surface area (Å²) in [6, 6.07) is 7.30. The summed E-state index contributed by atoms with van der Waals surface area (Å²) in [5, 5.41) is 11.4. The standard InChI is InChI=1S/C14H19NO3S/c1-2-9-19-10-13(16)15-12-6-3-11(4-7-12)5-8-14(17)18/h3-4,6-7H,2,5,8-10H2,1H3,(H,15,16)(H,17,18). The maximum Gasteiger partial charge on any atom is 0.303 e. The van der Waals surface area contributed by atoms with Crippen LogP contribution in [0.1, 0.15) is 25.3 Å². The highest BCUT2D eigenvalue weighted by Crippen LogP contribution is 2.12. The molecular weight excluding hydrogens is 262 g/mol. The molecule has 19 heavy (non-hydrogen) atoms. The molecule has 0 saturated heterocycles. The van der Waals surface area contributed by atoms with Crippen LogP contribution in [0.25, 0.3) is 0 Å². The lowest BCUT2D eigenvalue weighted by molar-refractivity contribution is -0.137. The van der Waals surface area contributed by atoms with Crippen LogP contribution < -0.4 is 5.32 Å². The van der Waals surface area contributed by atoms with E-state index in [1.165, 1.54) is 0 Å². The van der Waals surface area contributed by atoms with E-state index in [4.69, 9.17) is 5.11 Å². The first-order chi connectivity index (χ1) is 9.11. The average molecular weight is 281 g/mol. The van der Waals surface area contributed by atoms with Crippen molar-refractivity contribution in [2.45, 2.75) is 26.2 Å². The lowest BCUT2D eigenvalue weighted by Gasteiger charge is -2.06. The van der Waals surface area contributed by atoms with Gasteiger partial charge >= 0.3 is 5.97 Å². The van der Waals surface area contributed by atoms with Gasteiger partial charge in [-0.2, -0.15) is 11.8 Å². The van der Waals surface area contributed by atoms with Crippen molar-refractivity contribution >= 4 is 29.3 Å². The number of hydrogen-bond donors (Lipinski definition) is 2. The molecule has 2 N–H and O–H groups in total. The van der Waals surface area contributed by atoms with Gasteiger partial charge in [0.05, 0.1) is 5.75 Å².